The average molecular weight is 240 g/mol. The molecule has 0 aromatic rings. The van der Waals surface area contributed by atoms with E-state index in [0.29, 0.717) is 0 Å². The van der Waals surface area contributed by atoms with E-state index in [1.165, 1.54) is 39.2 Å². The fourth-order valence-corrected chi connectivity index (χ4v) is 1.72. The van der Waals surface area contributed by atoms with E-state index < -0.39 is 5.41 Å². The topological polar surface area (TPSA) is 26.3 Å². The quantitative estimate of drug-likeness (QED) is 0.337. The van der Waals surface area contributed by atoms with Crippen molar-refractivity contribution in [3.8, 4) is 0 Å². The van der Waals surface area contributed by atoms with Crippen LogP contribution < -0.4 is 0 Å². The third-order valence-electron chi connectivity index (χ3n) is 3.01. The predicted molar refractivity (Wildman–Crippen MR) is 72.9 cm³/mol. The highest BCUT2D eigenvalue weighted by atomic mass is 16.5. The molecule has 0 N–H and O–H groups in total. The van der Waals surface area contributed by atoms with E-state index in [0.717, 1.165) is 12.8 Å². The van der Waals surface area contributed by atoms with Gasteiger partial charge < -0.3 is 4.74 Å². The third-order valence-corrected chi connectivity index (χ3v) is 3.01. The lowest BCUT2D eigenvalue weighted by atomic mass is 9.89. The molecule has 0 aromatic carbocycles. The molecular weight excluding hydrogens is 212 g/mol. The minimum Gasteiger partial charge on any atom is -0.469 e. The Morgan fingerprint density at radius 2 is 1.76 bits per heavy atom. The Bertz CT molecular complexity index is 229. The molecule has 0 heterocycles. The Balaban J connectivity index is 3.63. The minimum atomic E-state index is -0.395. The van der Waals surface area contributed by atoms with E-state index in [1.54, 1.807) is 0 Å². The van der Waals surface area contributed by atoms with Crippen molar-refractivity contribution >= 4 is 5.97 Å². The molecule has 0 saturated carbocycles. The van der Waals surface area contributed by atoms with Gasteiger partial charge in [0.1, 0.15) is 0 Å². The molecule has 0 rings (SSSR count). The number of allylic oxidation sites excluding steroid dienone is 2. The first-order chi connectivity index (χ1) is 8.04. The minimum absolute atomic E-state index is 0.134. The molecular formula is C15H28O2. The Morgan fingerprint density at radius 3 is 2.35 bits per heavy atom. The van der Waals surface area contributed by atoms with E-state index in [1.807, 2.05) is 13.8 Å². The zero-order chi connectivity index (χ0) is 13.1. The van der Waals surface area contributed by atoms with Crippen LogP contribution in [0.5, 0.6) is 0 Å². The molecule has 2 heteroatoms. The molecule has 0 aliphatic heterocycles. The summed E-state index contributed by atoms with van der Waals surface area (Å²) in [6, 6.07) is 0. The SMILES string of the molecule is CCCCCCC/C=C\CC(C)(C)C(=O)OC. The molecule has 0 spiro atoms. The molecule has 0 saturated heterocycles. The first-order valence-electron chi connectivity index (χ1n) is 6.78. The maximum absolute atomic E-state index is 11.4. The summed E-state index contributed by atoms with van der Waals surface area (Å²) in [7, 11) is 1.45. The van der Waals surface area contributed by atoms with Crippen LogP contribution in [0.25, 0.3) is 0 Å². The van der Waals surface area contributed by atoms with Gasteiger partial charge in [0.05, 0.1) is 12.5 Å². The van der Waals surface area contributed by atoms with Crippen LogP contribution in [0, 0.1) is 5.41 Å². The highest BCUT2D eigenvalue weighted by Crippen LogP contribution is 2.22. The van der Waals surface area contributed by atoms with Crippen molar-refractivity contribution in [3.63, 3.8) is 0 Å². The van der Waals surface area contributed by atoms with Crippen molar-refractivity contribution in [2.45, 2.75) is 65.7 Å². The molecule has 0 unspecified atom stereocenters. The van der Waals surface area contributed by atoms with Gasteiger partial charge in [-0.15, -0.1) is 0 Å². The van der Waals surface area contributed by atoms with Crippen LogP contribution in [0.4, 0.5) is 0 Å². The molecule has 0 fully saturated rings. The van der Waals surface area contributed by atoms with E-state index in [4.69, 9.17) is 4.74 Å². The number of ether oxygens (including phenoxy) is 1. The Labute approximate surface area is 106 Å². The number of carbonyl (C=O) groups excluding carboxylic acids is 1. The summed E-state index contributed by atoms with van der Waals surface area (Å²) < 4.78 is 4.76. The van der Waals surface area contributed by atoms with Crippen molar-refractivity contribution in [2.75, 3.05) is 7.11 Å². The van der Waals surface area contributed by atoms with Crippen molar-refractivity contribution in [1.29, 1.82) is 0 Å². The van der Waals surface area contributed by atoms with Gasteiger partial charge in [-0.2, -0.15) is 0 Å². The molecule has 0 aliphatic carbocycles. The summed E-state index contributed by atoms with van der Waals surface area (Å²) >= 11 is 0. The van der Waals surface area contributed by atoms with Gasteiger partial charge in [-0.25, -0.2) is 0 Å². The van der Waals surface area contributed by atoms with Crippen molar-refractivity contribution in [3.05, 3.63) is 12.2 Å². The molecule has 0 aliphatic rings. The number of hydrogen-bond donors (Lipinski definition) is 0. The fraction of sp³-hybridized carbons (Fsp3) is 0.800. The molecule has 0 aromatic heterocycles. The summed E-state index contributed by atoms with van der Waals surface area (Å²) in [5.41, 5.74) is -0.395. The van der Waals surface area contributed by atoms with Crippen LogP contribution in [-0.2, 0) is 9.53 Å². The Kier molecular flexibility index (Phi) is 8.83. The van der Waals surface area contributed by atoms with E-state index in [-0.39, 0.29) is 5.97 Å². The van der Waals surface area contributed by atoms with Gasteiger partial charge >= 0.3 is 5.97 Å². The number of hydrogen-bond acceptors (Lipinski definition) is 2. The van der Waals surface area contributed by atoms with Gasteiger partial charge in [-0.1, -0.05) is 44.8 Å². The van der Waals surface area contributed by atoms with Crippen LogP contribution in [0.1, 0.15) is 65.7 Å². The van der Waals surface area contributed by atoms with Crippen molar-refractivity contribution in [1.82, 2.24) is 0 Å². The van der Waals surface area contributed by atoms with Crippen LogP contribution in [0.15, 0.2) is 12.2 Å². The Morgan fingerprint density at radius 1 is 1.12 bits per heavy atom. The second kappa shape index (κ2) is 9.26. The fourth-order valence-electron chi connectivity index (χ4n) is 1.72. The van der Waals surface area contributed by atoms with Gasteiger partial charge in [0.2, 0.25) is 0 Å². The van der Waals surface area contributed by atoms with Crippen LogP contribution in [0.2, 0.25) is 0 Å². The molecule has 0 amide bonds. The smallest absolute Gasteiger partial charge is 0.311 e. The lowest BCUT2D eigenvalue weighted by Crippen LogP contribution is -2.24. The van der Waals surface area contributed by atoms with E-state index >= 15 is 0 Å². The number of rotatable bonds is 9. The van der Waals surface area contributed by atoms with Gasteiger partial charge in [-0.05, 0) is 33.1 Å². The maximum Gasteiger partial charge on any atom is 0.311 e. The zero-order valence-electron chi connectivity index (χ0n) is 11.9. The number of carbonyl (C=O) groups is 1. The number of methoxy groups -OCH3 is 1. The van der Waals surface area contributed by atoms with Crippen molar-refractivity contribution < 1.29 is 9.53 Å². The van der Waals surface area contributed by atoms with Gasteiger partial charge in [0, 0.05) is 0 Å². The van der Waals surface area contributed by atoms with Gasteiger partial charge in [0.25, 0.3) is 0 Å². The normalized spacial score (nSPS) is 12.0. The van der Waals surface area contributed by atoms with Crippen LogP contribution >= 0.6 is 0 Å². The second-order valence-electron chi connectivity index (χ2n) is 5.25. The van der Waals surface area contributed by atoms with Gasteiger partial charge in [0.15, 0.2) is 0 Å². The average Bonchev–Trinajstić information content (AvgIpc) is 2.31. The standard InChI is InChI=1S/C15H28O2/c1-5-6-7-8-9-10-11-12-13-15(2,3)14(16)17-4/h11-12H,5-10,13H2,1-4H3/b12-11-. The highest BCUT2D eigenvalue weighted by molar-refractivity contribution is 5.75. The van der Waals surface area contributed by atoms with Crippen molar-refractivity contribution in [2.24, 2.45) is 5.41 Å². The summed E-state index contributed by atoms with van der Waals surface area (Å²) in [6.07, 6.45) is 12.7. The predicted octanol–water partition coefficient (Wildman–Crippen LogP) is 4.49. The molecule has 0 radical (unpaired) electrons. The summed E-state index contributed by atoms with van der Waals surface area (Å²) in [5.74, 6) is -0.134. The largest absolute Gasteiger partial charge is 0.469 e. The summed E-state index contributed by atoms with van der Waals surface area (Å²) in [4.78, 5) is 11.4. The molecule has 17 heavy (non-hydrogen) atoms. The first kappa shape index (κ1) is 16.2. The van der Waals surface area contributed by atoms with E-state index in [2.05, 4.69) is 19.1 Å². The molecule has 0 atom stereocenters. The molecule has 0 bridgehead atoms. The zero-order valence-corrected chi connectivity index (χ0v) is 11.9. The third kappa shape index (κ3) is 8.00. The number of unbranched alkanes of at least 4 members (excludes halogenated alkanes) is 5. The molecule has 2 nitrogen and oxygen atoms in total. The Hall–Kier alpha value is -0.790. The van der Waals surface area contributed by atoms with Crippen LogP contribution in [-0.4, -0.2) is 13.1 Å². The van der Waals surface area contributed by atoms with Gasteiger partial charge in [-0.3, -0.25) is 4.79 Å². The summed E-state index contributed by atoms with van der Waals surface area (Å²) in [5, 5.41) is 0. The second-order valence-corrected chi connectivity index (χ2v) is 5.25. The summed E-state index contributed by atoms with van der Waals surface area (Å²) in [6.45, 7) is 6.07. The highest BCUT2D eigenvalue weighted by Gasteiger charge is 2.26. The maximum atomic E-state index is 11.4. The number of esters is 1. The lowest BCUT2D eigenvalue weighted by molar-refractivity contribution is -0.150. The monoisotopic (exact) mass is 240 g/mol. The first-order valence-corrected chi connectivity index (χ1v) is 6.78. The molecule has 100 valence electrons. The lowest BCUT2D eigenvalue weighted by Gasteiger charge is -2.18. The van der Waals surface area contributed by atoms with E-state index in [9.17, 15) is 4.79 Å². The van der Waals surface area contributed by atoms with Crippen LogP contribution in [0.3, 0.4) is 0 Å².